The highest BCUT2D eigenvalue weighted by Gasteiger charge is 2.16. The van der Waals surface area contributed by atoms with Crippen LogP contribution in [0.25, 0.3) is 78.0 Å². The van der Waals surface area contributed by atoms with Crippen LogP contribution in [0, 0.1) is 0 Å². The van der Waals surface area contributed by atoms with Gasteiger partial charge in [-0.2, -0.15) is 0 Å². The van der Waals surface area contributed by atoms with Crippen LogP contribution in [-0.2, 0) is 0 Å². The minimum Gasteiger partial charge on any atom is -0.254 e. The molecule has 0 saturated heterocycles. The minimum atomic E-state index is 0.820. The molecule has 0 amide bonds. The van der Waals surface area contributed by atoms with Gasteiger partial charge in [-0.05, 0) is 58.3 Å². The second kappa shape index (κ2) is 11.0. The Kier molecular flexibility index (Phi) is 6.43. The second-order valence-electron chi connectivity index (χ2n) is 10.7. The third-order valence-corrected chi connectivity index (χ3v) is 7.96. The number of hydrogen-bond acceptors (Lipinski definition) is 4. The molecule has 0 radical (unpaired) electrons. The zero-order valence-electron chi connectivity index (χ0n) is 23.8. The molecule has 4 aromatic heterocycles. The van der Waals surface area contributed by atoms with Gasteiger partial charge in [-0.15, -0.1) is 0 Å². The lowest BCUT2D eigenvalue weighted by Gasteiger charge is -2.14. The molecule has 44 heavy (non-hydrogen) atoms. The van der Waals surface area contributed by atoms with Crippen molar-refractivity contribution >= 4 is 21.5 Å². The normalized spacial score (nSPS) is 11.2. The molecule has 0 bridgehead atoms. The van der Waals surface area contributed by atoms with Crippen LogP contribution in [0.5, 0.6) is 0 Å². The maximum Gasteiger partial charge on any atom is 0.0964 e. The van der Waals surface area contributed by atoms with Crippen LogP contribution < -0.4 is 0 Å². The van der Waals surface area contributed by atoms with Gasteiger partial charge in [0.1, 0.15) is 0 Å². The number of hydrogen-bond donors (Lipinski definition) is 0. The van der Waals surface area contributed by atoms with Crippen molar-refractivity contribution in [2.45, 2.75) is 0 Å². The van der Waals surface area contributed by atoms with Crippen molar-refractivity contribution < 1.29 is 0 Å². The van der Waals surface area contributed by atoms with E-state index in [0.717, 1.165) is 78.0 Å². The van der Waals surface area contributed by atoms with Gasteiger partial charge in [0.15, 0.2) is 0 Å². The van der Waals surface area contributed by atoms with Crippen molar-refractivity contribution in [3.63, 3.8) is 0 Å². The summed E-state index contributed by atoms with van der Waals surface area (Å²) in [4.78, 5) is 20.0. The molecule has 0 spiro atoms. The Morgan fingerprint density at radius 3 is 1.16 bits per heavy atom. The van der Waals surface area contributed by atoms with Crippen LogP contribution in [0.4, 0.5) is 0 Å². The summed E-state index contributed by atoms with van der Waals surface area (Å²) in [6, 6.07) is 50.0. The Bertz CT molecular complexity index is 2100. The summed E-state index contributed by atoms with van der Waals surface area (Å²) in [7, 11) is 0. The first-order valence-corrected chi connectivity index (χ1v) is 14.6. The smallest absolute Gasteiger partial charge is 0.0964 e. The highest BCUT2D eigenvalue weighted by Crippen LogP contribution is 2.36. The predicted octanol–water partition coefficient (Wildman–Crippen LogP) is 9.91. The summed E-state index contributed by atoms with van der Waals surface area (Å²) in [5.74, 6) is 0. The molecule has 8 rings (SSSR count). The molecule has 8 aromatic rings. The number of pyridine rings is 4. The van der Waals surface area contributed by atoms with E-state index in [1.807, 2.05) is 73.1 Å². The van der Waals surface area contributed by atoms with Crippen molar-refractivity contribution in [1.82, 2.24) is 19.9 Å². The van der Waals surface area contributed by atoms with Crippen molar-refractivity contribution in [1.29, 1.82) is 0 Å². The van der Waals surface area contributed by atoms with Crippen LogP contribution >= 0.6 is 0 Å². The molecule has 0 aliphatic rings. The van der Waals surface area contributed by atoms with E-state index in [0.29, 0.717) is 0 Å². The zero-order chi connectivity index (χ0) is 29.3. The largest absolute Gasteiger partial charge is 0.254 e. The Morgan fingerprint density at radius 1 is 0.318 bits per heavy atom. The summed E-state index contributed by atoms with van der Waals surface area (Å²) in [6.45, 7) is 0. The van der Waals surface area contributed by atoms with E-state index in [2.05, 4.69) is 84.9 Å². The summed E-state index contributed by atoms with van der Waals surface area (Å²) < 4.78 is 0. The van der Waals surface area contributed by atoms with Crippen LogP contribution in [0.2, 0.25) is 0 Å². The van der Waals surface area contributed by atoms with Gasteiger partial charge in [-0.3, -0.25) is 9.97 Å². The van der Waals surface area contributed by atoms with Gasteiger partial charge in [-0.25, -0.2) is 9.97 Å². The van der Waals surface area contributed by atoms with Crippen molar-refractivity contribution in [2.75, 3.05) is 0 Å². The molecule has 4 nitrogen and oxygen atoms in total. The molecular weight excluding hydrogens is 536 g/mol. The SMILES string of the molecule is c1ccc(-c2cc(-c3cc(-c4ccccc4)nc(-c4nccc5ccccc45)c3)cc(-c3nccc4ccccc34)n2)cc1. The number of nitrogens with zero attached hydrogens (tertiary/aromatic N) is 4. The average Bonchev–Trinajstić information content (AvgIpc) is 3.11. The fourth-order valence-corrected chi connectivity index (χ4v) is 5.80. The Labute approximate surface area is 255 Å². The summed E-state index contributed by atoms with van der Waals surface area (Å²) in [5, 5.41) is 4.40. The van der Waals surface area contributed by atoms with E-state index in [1.165, 1.54) is 0 Å². The van der Waals surface area contributed by atoms with Gasteiger partial charge < -0.3 is 0 Å². The minimum absolute atomic E-state index is 0.820. The molecule has 0 N–H and O–H groups in total. The number of fused-ring (bicyclic) bond motifs is 2. The van der Waals surface area contributed by atoms with E-state index in [-0.39, 0.29) is 0 Å². The predicted molar refractivity (Wildman–Crippen MR) is 180 cm³/mol. The van der Waals surface area contributed by atoms with Gasteiger partial charge in [0.25, 0.3) is 0 Å². The lowest BCUT2D eigenvalue weighted by molar-refractivity contribution is 1.25. The number of rotatable bonds is 5. The average molecular weight is 563 g/mol. The summed E-state index contributed by atoms with van der Waals surface area (Å²) >= 11 is 0. The van der Waals surface area contributed by atoms with E-state index in [9.17, 15) is 0 Å². The van der Waals surface area contributed by atoms with Crippen molar-refractivity contribution in [3.05, 3.63) is 158 Å². The molecule has 4 heteroatoms. The molecule has 206 valence electrons. The van der Waals surface area contributed by atoms with Crippen LogP contribution in [0.15, 0.2) is 158 Å². The molecule has 4 heterocycles. The monoisotopic (exact) mass is 562 g/mol. The van der Waals surface area contributed by atoms with E-state index in [4.69, 9.17) is 19.9 Å². The molecular formula is C40H26N4. The molecule has 0 atom stereocenters. The number of benzene rings is 4. The lowest BCUT2D eigenvalue weighted by atomic mass is 9.97. The van der Waals surface area contributed by atoms with Crippen LogP contribution in [0.3, 0.4) is 0 Å². The Morgan fingerprint density at radius 2 is 0.705 bits per heavy atom. The van der Waals surface area contributed by atoms with Crippen LogP contribution in [0.1, 0.15) is 0 Å². The molecule has 0 unspecified atom stereocenters. The van der Waals surface area contributed by atoms with Gasteiger partial charge in [0, 0.05) is 34.3 Å². The van der Waals surface area contributed by atoms with Gasteiger partial charge in [0.05, 0.1) is 34.2 Å². The molecule has 4 aromatic carbocycles. The van der Waals surface area contributed by atoms with Gasteiger partial charge in [0.2, 0.25) is 0 Å². The van der Waals surface area contributed by atoms with Crippen LogP contribution in [-0.4, -0.2) is 19.9 Å². The Balaban J connectivity index is 1.40. The fourth-order valence-electron chi connectivity index (χ4n) is 5.80. The highest BCUT2D eigenvalue weighted by molar-refractivity contribution is 5.96. The van der Waals surface area contributed by atoms with Gasteiger partial charge in [-0.1, -0.05) is 109 Å². The summed E-state index contributed by atoms with van der Waals surface area (Å²) in [5.41, 5.74) is 9.28. The quantitative estimate of drug-likeness (QED) is 0.209. The lowest BCUT2D eigenvalue weighted by Crippen LogP contribution is -1.96. The first-order valence-electron chi connectivity index (χ1n) is 14.6. The number of aromatic nitrogens is 4. The molecule has 0 aliphatic carbocycles. The van der Waals surface area contributed by atoms with Gasteiger partial charge >= 0.3 is 0 Å². The van der Waals surface area contributed by atoms with E-state index >= 15 is 0 Å². The first kappa shape index (κ1) is 25.7. The Hall–Kier alpha value is -6.00. The summed E-state index contributed by atoms with van der Waals surface area (Å²) in [6.07, 6.45) is 3.72. The standard InChI is InChI=1S/C40H26N4/c1-3-13-29(14-4-1)35-23-31(25-37(43-35)39-33-17-9-7-11-27(33)19-21-41-39)32-24-36(30-15-5-2-6-16-30)44-38(26-32)40-34-18-10-8-12-28(34)20-22-42-40/h1-26H. The second-order valence-corrected chi connectivity index (χ2v) is 10.7. The van der Waals surface area contributed by atoms with E-state index in [1.54, 1.807) is 0 Å². The fraction of sp³-hybridized carbons (Fsp3) is 0. The third kappa shape index (κ3) is 4.79. The topological polar surface area (TPSA) is 51.6 Å². The molecule has 0 aliphatic heterocycles. The van der Waals surface area contributed by atoms with E-state index < -0.39 is 0 Å². The first-order chi connectivity index (χ1) is 21.8. The zero-order valence-corrected chi connectivity index (χ0v) is 23.8. The maximum absolute atomic E-state index is 5.16. The van der Waals surface area contributed by atoms with Crippen molar-refractivity contribution in [3.8, 4) is 56.4 Å². The third-order valence-electron chi connectivity index (χ3n) is 7.96. The molecule has 0 fully saturated rings. The maximum atomic E-state index is 5.16. The molecule has 0 saturated carbocycles. The van der Waals surface area contributed by atoms with Crippen molar-refractivity contribution in [2.24, 2.45) is 0 Å². The highest BCUT2D eigenvalue weighted by atomic mass is 14.8.